The van der Waals surface area contributed by atoms with Crippen molar-refractivity contribution in [2.24, 2.45) is 0 Å². The van der Waals surface area contributed by atoms with Gasteiger partial charge < -0.3 is 9.72 Å². The third-order valence-electron chi connectivity index (χ3n) is 2.64. The Morgan fingerprint density at radius 3 is 3.00 bits per heavy atom. The summed E-state index contributed by atoms with van der Waals surface area (Å²) in [6, 6.07) is 3.06. The normalized spacial score (nSPS) is 10.8. The number of methoxy groups -OCH3 is 1. The van der Waals surface area contributed by atoms with Gasteiger partial charge in [0.05, 0.1) is 12.6 Å². The van der Waals surface area contributed by atoms with E-state index in [0.717, 1.165) is 15.4 Å². The maximum atomic E-state index is 13.5. The van der Waals surface area contributed by atoms with E-state index >= 15 is 0 Å². The molecule has 2 rings (SSSR count). The number of carbonyl (C=O) groups excluding carboxylic acids is 1. The predicted octanol–water partition coefficient (Wildman–Crippen LogP) is 3.18. The molecular weight excluding hydrogens is 289 g/mol. The Morgan fingerprint density at radius 1 is 1.53 bits per heavy atom. The summed E-state index contributed by atoms with van der Waals surface area (Å²) in [7, 11) is 1.35. The molecule has 0 aliphatic carbocycles. The number of benzene rings is 1. The van der Waals surface area contributed by atoms with E-state index in [1.54, 1.807) is 12.3 Å². The van der Waals surface area contributed by atoms with E-state index in [1.165, 1.54) is 13.2 Å². The van der Waals surface area contributed by atoms with Crippen molar-refractivity contribution in [3.05, 3.63) is 34.2 Å². The molecule has 0 aliphatic heterocycles. The highest BCUT2D eigenvalue weighted by atomic mass is 79.9. The lowest BCUT2D eigenvalue weighted by Crippen LogP contribution is -2.01. The molecule has 1 aromatic heterocycles. The Bertz CT molecular complexity index is 565. The number of fused-ring (bicyclic) bond motifs is 1. The van der Waals surface area contributed by atoms with Gasteiger partial charge in [-0.15, -0.1) is 0 Å². The van der Waals surface area contributed by atoms with Gasteiger partial charge in [0.25, 0.3) is 0 Å². The second kappa shape index (κ2) is 4.87. The molecule has 0 saturated heterocycles. The van der Waals surface area contributed by atoms with Gasteiger partial charge in [0, 0.05) is 22.5 Å². The van der Waals surface area contributed by atoms with Crippen LogP contribution in [0.1, 0.15) is 12.0 Å². The molecule has 0 amide bonds. The number of H-pyrrole nitrogens is 1. The number of ether oxygens (including phenoxy) is 1. The van der Waals surface area contributed by atoms with E-state index in [0.29, 0.717) is 11.9 Å². The van der Waals surface area contributed by atoms with E-state index in [4.69, 9.17) is 0 Å². The molecule has 90 valence electrons. The topological polar surface area (TPSA) is 42.1 Å². The van der Waals surface area contributed by atoms with Crippen molar-refractivity contribution >= 4 is 32.8 Å². The number of hydrogen-bond acceptors (Lipinski definition) is 2. The molecule has 17 heavy (non-hydrogen) atoms. The number of aromatic nitrogens is 1. The van der Waals surface area contributed by atoms with Gasteiger partial charge in [0.1, 0.15) is 5.82 Å². The van der Waals surface area contributed by atoms with Gasteiger partial charge in [0.15, 0.2) is 0 Å². The summed E-state index contributed by atoms with van der Waals surface area (Å²) < 4.78 is 18.9. The zero-order chi connectivity index (χ0) is 12.4. The van der Waals surface area contributed by atoms with Crippen LogP contribution in [0.4, 0.5) is 4.39 Å². The Morgan fingerprint density at radius 2 is 2.29 bits per heavy atom. The van der Waals surface area contributed by atoms with Crippen LogP contribution in [0.5, 0.6) is 0 Å². The van der Waals surface area contributed by atoms with E-state index in [-0.39, 0.29) is 18.2 Å². The van der Waals surface area contributed by atoms with Crippen molar-refractivity contribution in [2.75, 3.05) is 7.11 Å². The lowest BCUT2D eigenvalue weighted by atomic mass is 10.1. The summed E-state index contributed by atoms with van der Waals surface area (Å²) in [6.07, 6.45) is 2.53. The second-order valence-electron chi connectivity index (χ2n) is 3.67. The molecule has 0 spiro atoms. The fourth-order valence-corrected chi connectivity index (χ4v) is 2.36. The van der Waals surface area contributed by atoms with Crippen molar-refractivity contribution in [2.45, 2.75) is 12.8 Å². The molecule has 0 bridgehead atoms. The molecule has 1 N–H and O–H groups in total. The Kier molecular flexibility index (Phi) is 3.47. The van der Waals surface area contributed by atoms with Crippen molar-refractivity contribution in [1.29, 1.82) is 0 Å². The van der Waals surface area contributed by atoms with Crippen LogP contribution in [0, 0.1) is 5.82 Å². The van der Waals surface area contributed by atoms with E-state index < -0.39 is 0 Å². The molecule has 1 aromatic carbocycles. The van der Waals surface area contributed by atoms with Crippen molar-refractivity contribution in [3.8, 4) is 0 Å². The summed E-state index contributed by atoms with van der Waals surface area (Å²) in [5.41, 5.74) is 1.36. The number of rotatable bonds is 3. The minimum atomic E-state index is -0.299. The molecule has 0 saturated carbocycles. The number of hydrogen-bond donors (Lipinski definition) is 1. The molecule has 3 nitrogen and oxygen atoms in total. The van der Waals surface area contributed by atoms with Gasteiger partial charge in [0.2, 0.25) is 0 Å². The number of nitrogens with one attached hydrogen (secondary N) is 1. The molecule has 0 atom stereocenters. The largest absolute Gasteiger partial charge is 0.469 e. The highest BCUT2D eigenvalue weighted by molar-refractivity contribution is 9.10. The third-order valence-corrected chi connectivity index (χ3v) is 3.30. The Balaban J connectivity index is 2.35. The minimum Gasteiger partial charge on any atom is -0.469 e. The molecule has 0 radical (unpaired) electrons. The molecule has 1 heterocycles. The first kappa shape index (κ1) is 12.1. The van der Waals surface area contributed by atoms with Crippen LogP contribution in [-0.2, 0) is 16.0 Å². The van der Waals surface area contributed by atoms with Crippen molar-refractivity contribution in [3.63, 3.8) is 0 Å². The molecular formula is C12H11BrFNO2. The molecule has 5 heteroatoms. The number of esters is 1. The SMILES string of the molecule is COC(=O)CCc1c[nH]c2c(F)ccc(Br)c12. The summed E-state index contributed by atoms with van der Waals surface area (Å²) in [5, 5.41) is 0.786. The van der Waals surface area contributed by atoms with E-state index in [9.17, 15) is 9.18 Å². The Labute approximate surface area is 106 Å². The highest BCUT2D eigenvalue weighted by Gasteiger charge is 2.12. The van der Waals surface area contributed by atoms with Crippen LogP contribution >= 0.6 is 15.9 Å². The average Bonchev–Trinajstić information content (AvgIpc) is 2.76. The van der Waals surface area contributed by atoms with Gasteiger partial charge in [-0.05, 0) is 24.1 Å². The molecule has 0 fully saturated rings. The number of carbonyl (C=O) groups is 1. The maximum absolute atomic E-state index is 13.5. The van der Waals surface area contributed by atoms with E-state index in [2.05, 4.69) is 25.7 Å². The zero-order valence-electron chi connectivity index (χ0n) is 9.22. The fourth-order valence-electron chi connectivity index (χ4n) is 1.77. The first-order valence-electron chi connectivity index (χ1n) is 5.14. The van der Waals surface area contributed by atoms with Crippen LogP contribution < -0.4 is 0 Å². The van der Waals surface area contributed by atoms with Crippen LogP contribution in [0.25, 0.3) is 10.9 Å². The van der Waals surface area contributed by atoms with Gasteiger partial charge in [-0.25, -0.2) is 4.39 Å². The van der Waals surface area contributed by atoms with Crippen molar-refractivity contribution < 1.29 is 13.9 Å². The number of aromatic amines is 1. The minimum absolute atomic E-state index is 0.271. The Hall–Kier alpha value is -1.36. The van der Waals surface area contributed by atoms with Crippen molar-refractivity contribution in [1.82, 2.24) is 4.98 Å². The van der Waals surface area contributed by atoms with Crippen LogP contribution in [0.3, 0.4) is 0 Å². The van der Waals surface area contributed by atoms with Gasteiger partial charge in [-0.2, -0.15) is 0 Å². The number of halogens is 2. The zero-order valence-corrected chi connectivity index (χ0v) is 10.8. The van der Waals surface area contributed by atoms with Gasteiger partial charge in [-0.1, -0.05) is 15.9 Å². The first-order valence-corrected chi connectivity index (χ1v) is 5.93. The van der Waals surface area contributed by atoms with Gasteiger partial charge in [-0.3, -0.25) is 4.79 Å². The first-order chi connectivity index (χ1) is 8.13. The lowest BCUT2D eigenvalue weighted by molar-refractivity contribution is -0.140. The van der Waals surface area contributed by atoms with Gasteiger partial charge >= 0.3 is 5.97 Å². The smallest absolute Gasteiger partial charge is 0.305 e. The standard InChI is InChI=1S/C12H11BrFNO2/c1-17-10(16)5-2-7-6-15-12-9(14)4-3-8(13)11(7)12/h3-4,6,15H,2,5H2,1H3. The summed E-state index contributed by atoms with van der Waals surface area (Å²) >= 11 is 3.38. The molecule has 0 unspecified atom stereocenters. The van der Waals surface area contributed by atoms with Crippen LogP contribution in [0.15, 0.2) is 22.8 Å². The maximum Gasteiger partial charge on any atom is 0.305 e. The predicted molar refractivity (Wildman–Crippen MR) is 66.3 cm³/mol. The molecule has 0 aliphatic rings. The third kappa shape index (κ3) is 2.34. The quantitative estimate of drug-likeness (QED) is 0.885. The monoisotopic (exact) mass is 299 g/mol. The van der Waals surface area contributed by atoms with Crippen LogP contribution in [-0.4, -0.2) is 18.1 Å². The average molecular weight is 300 g/mol. The fraction of sp³-hybridized carbons (Fsp3) is 0.250. The van der Waals surface area contributed by atoms with E-state index in [1.807, 2.05) is 0 Å². The number of aryl methyl sites for hydroxylation is 1. The summed E-state index contributed by atoms with van der Waals surface area (Å²) in [6.45, 7) is 0. The summed E-state index contributed by atoms with van der Waals surface area (Å²) in [5.74, 6) is -0.570. The summed E-state index contributed by atoms with van der Waals surface area (Å²) in [4.78, 5) is 14.0. The lowest BCUT2D eigenvalue weighted by Gasteiger charge is -2.01. The second-order valence-corrected chi connectivity index (χ2v) is 4.52. The van der Waals surface area contributed by atoms with Crippen LogP contribution in [0.2, 0.25) is 0 Å². The highest BCUT2D eigenvalue weighted by Crippen LogP contribution is 2.29. The molecule has 2 aromatic rings.